The van der Waals surface area contributed by atoms with Crippen molar-refractivity contribution in [2.75, 3.05) is 26.2 Å². The highest BCUT2D eigenvalue weighted by atomic mass is 16.3. The van der Waals surface area contributed by atoms with Gasteiger partial charge in [-0.1, -0.05) is 6.92 Å². The molecule has 3 nitrogen and oxygen atoms in total. The Morgan fingerprint density at radius 1 is 1.38 bits per heavy atom. The lowest BCUT2D eigenvalue weighted by Crippen LogP contribution is -2.43. The van der Waals surface area contributed by atoms with Crippen LogP contribution in [0.4, 0.5) is 0 Å². The van der Waals surface area contributed by atoms with Crippen LogP contribution in [0.1, 0.15) is 46.0 Å². The van der Waals surface area contributed by atoms with E-state index >= 15 is 0 Å². The number of hydrogen-bond acceptors (Lipinski definition) is 3. The Hall–Kier alpha value is -0.120. The minimum Gasteiger partial charge on any atom is -0.393 e. The van der Waals surface area contributed by atoms with Gasteiger partial charge in [-0.15, -0.1) is 0 Å². The quantitative estimate of drug-likeness (QED) is 0.650. The Morgan fingerprint density at radius 3 is 2.62 bits per heavy atom. The lowest BCUT2D eigenvalue weighted by atomic mass is 10.0. The highest BCUT2D eigenvalue weighted by molar-refractivity contribution is 4.76. The third kappa shape index (κ3) is 5.83. The molecule has 1 aliphatic rings. The molecule has 1 rings (SSSR count). The molecule has 0 aromatic carbocycles. The summed E-state index contributed by atoms with van der Waals surface area (Å²) in [6.07, 6.45) is 5.71. The van der Waals surface area contributed by atoms with Crippen molar-refractivity contribution in [2.24, 2.45) is 0 Å². The standard InChI is InChI=1S/C13H28N2O/c1-3-9-15-10-6-13(7-11-15)14-8-4-5-12(2)16/h12-14,16H,3-11H2,1-2H3. The predicted molar refractivity (Wildman–Crippen MR) is 68.7 cm³/mol. The topological polar surface area (TPSA) is 35.5 Å². The van der Waals surface area contributed by atoms with Crippen molar-refractivity contribution in [2.45, 2.75) is 58.1 Å². The second-order valence-corrected chi connectivity index (χ2v) is 5.06. The van der Waals surface area contributed by atoms with E-state index in [4.69, 9.17) is 5.11 Å². The van der Waals surface area contributed by atoms with Crippen molar-refractivity contribution in [1.82, 2.24) is 10.2 Å². The molecule has 0 spiro atoms. The van der Waals surface area contributed by atoms with Crippen LogP contribution in [0.15, 0.2) is 0 Å². The zero-order valence-electron chi connectivity index (χ0n) is 10.9. The van der Waals surface area contributed by atoms with E-state index in [1.165, 1.54) is 38.9 Å². The number of likely N-dealkylation sites (tertiary alicyclic amines) is 1. The summed E-state index contributed by atoms with van der Waals surface area (Å²) in [4.78, 5) is 2.56. The van der Waals surface area contributed by atoms with Crippen LogP contribution in [0.3, 0.4) is 0 Å². The minimum absolute atomic E-state index is 0.145. The Morgan fingerprint density at radius 2 is 2.06 bits per heavy atom. The lowest BCUT2D eigenvalue weighted by Gasteiger charge is -2.32. The molecule has 2 N–H and O–H groups in total. The largest absolute Gasteiger partial charge is 0.393 e. The molecule has 1 fully saturated rings. The van der Waals surface area contributed by atoms with E-state index in [-0.39, 0.29) is 6.10 Å². The van der Waals surface area contributed by atoms with Gasteiger partial charge in [0.15, 0.2) is 0 Å². The number of aliphatic hydroxyl groups excluding tert-OH is 1. The van der Waals surface area contributed by atoms with E-state index in [0.29, 0.717) is 6.04 Å². The average Bonchev–Trinajstić information content (AvgIpc) is 2.27. The summed E-state index contributed by atoms with van der Waals surface area (Å²) in [6.45, 7) is 8.94. The highest BCUT2D eigenvalue weighted by Crippen LogP contribution is 2.10. The van der Waals surface area contributed by atoms with Gasteiger partial charge in [0.2, 0.25) is 0 Å². The minimum atomic E-state index is -0.145. The fourth-order valence-electron chi connectivity index (χ4n) is 2.38. The van der Waals surface area contributed by atoms with Gasteiger partial charge in [0.1, 0.15) is 0 Å². The molecule has 16 heavy (non-hydrogen) atoms. The Kier molecular flexibility index (Phi) is 7.01. The Labute approximate surface area is 100 Å². The first-order valence-corrected chi connectivity index (χ1v) is 6.86. The maximum absolute atomic E-state index is 9.15. The summed E-state index contributed by atoms with van der Waals surface area (Å²) in [5.74, 6) is 0. The first-order valence-electron chi connectivity index (χ1n) is 6.86. The molecule has 96 valence electrons. The number of aliphatic hydroxyl groups is 1. The van der Waals surface area contributed by atoms with Crippen molar-refractivity contribution in [3.05, 3.63) is 0 Å². The monoisotopic (exact) mass is 228 g/mol. The zero-order chi connectivity index (χ0) is 11.8. The van der Waals surface area contributed by atoms with Gasteiger partial charge < -0.3 is 15.3 Å². The van der Waals surface area contributed by atoms with Crippen LogP contribution >= 0.6 is 0 Å². The van der Waals surface area contributed by atoms with Crippen LogP contribution in [0, 0.1) is 0 Å². The normalized spacial score (nSPS) is 21.2. The number of rotatable bonds is 7. The molecule has 1 unspecified atom stereocenters. The summed E-state index contributed by atoms with van der Waals surface area (Å²) in [7, 11) is 0. The molecule has 1 aliphatic heterocycles. The number of nitrogens with one attached hydrogen (secondary N) is 1. The number of hydrogen-bond donors (Lipinski definition) is 2. The summed E-state index contributed by atoms with van der Waals surface area (Å²) in [5, 5.41) is 12.8. The van der Waals surface area contributed by atoms with Crippen LogP contribution in [-0.2, 0) is 0 Å². The SMILES string of the molecule is CCCN1CCC(NCCCC(C)O)CC1. The molecule has 3 heteroatoms. The second-order valence-electron chi connectivity index (χ2n) is 5.06. The zero-order valence-corrected chi connectivity index (χ0v) is 10.9. The van der Waals surface area contributed by atoms with Crippen LogP contribution < -0.4 is 5.32 Å². The molecular formula is C13H28N2O. The summed E-state index contributed by atoms with van der Waals surface area (Å²) >= 11 is 0. The summed E-state index contributed by atoms with van der Waals surface area (Å²) < 4.78 is 0. The van der Waals surface area contributed by atoms with E-state index in [0.717, 1.165) is 19.4 Å². The molecule has 0 aliphatic carbocycles. The Balaban J connectivity index is 1.99. The highest BCUT2D eigenvalue weighted by Gasteiger charge is 2.17. The van der Waals surface area contributed by atoms with Crippen molar-refractivity contribution in [3.63, 3.8) is 0 Å². The van der Waals surface area contributed by atoms with Gasteiger partial charge in [-0.25, -0.2) is 0 Å². The van der Waals surface area contributed by atoms with Gasteiger partial charge in [0, 0.05) is 6.04 Å². The van der Waals surface area contributed by atoms with Gasteiger partial charge in [-0.2, -0.15) is 0 Å². The lowest BCUT2D eigenvalue weighted by molar-refractivity contribution is 0.176. The molecule has 0 aromatic rings. The van der Waals surface area contributed by atoms with Gasteiger partial charge in [-0.05, 0) is 65.2 Å². The summed E-state index contributed by atoms with van der Waals surface area (Å²) in [5.41, 5.74) is 0. The third-order valence-corrected chi connectivity index (χ3v) is 3.36. The third-order valence-electron chi connectivity index (χ3n) is 3.36. The van der Waals surface area contributed by atoms with E-state index in [9.17, 15) is 0 Å². The number of nitrogens with zero attached hydrogens (tertiary/aromatic N) is 1. The first kappa shape index (κ1) is 13.9. The Bertz CT molecular complexity index is 165. The van der Waals surface area contributed by atoms with Gasteiger partial charge in [0.05, 0.1) is 6.10 Å². The van der Waals surface area contributed by atoms with Gasteiger partial charge >= 0.3 is 0 Å². The maximum Gasteiger partial charge on any atom is 0.0512 e. The van der Waals surface area contributed by atoms with Crippen molar-refractivity contribution in [1.29, 1.82) is 0 Å². The van der Waals surface area contributed by atoms with Crippen LogP contribution in [0.2, 0.25) is 0 Å². The fourth-order valence-corrected chi connectivity index (χ4v) is 2.38. The van der Waals surface area contributed by atoms with Crippen molar-refractivity contribution in [3.8, 4) is 0 Å². The maximum atomic E-state index is 9.15. The molecule has 0 saturated carbocycles. The second kappa shape index (κ2) is 8.04. The molecule has 1 atom stereocenters. The van der Waals surface area contributed by atoms with Gasteiger partial charge in [-0.3, -0.25) is 0 Å². The van der Waals surface area contributed by atoms with E-state index < -0.39 is 0 Å². The first-order chi connectivity index (χ1) is 7.72. The molecule has 0 bridgehead atoms. The van der Waals surface area contributed by atoms with E-state index in [2.05, 4.69) is 17.1 Å². The molecule has 1 heterocycles. The van der Waals surface area contributed by atoms with E-state index in [1.54, 1.807) is 0 Å². The molecular weight excluding hydrogens is 200 g/mol. The molecule has 0 radical (unpaired) electrons. The van der Waals surface area contributed by atoms with E-state index in [1.807, 2.05) is 6.92 Å². The van der Waals surface area contributed by atoms with Crippen LogP contribution in [0.25, 0.3) is 0 Å². The smallest absolute Gasteiger partial charge is 0.0512 e. The van der Waals surface area contributed by atoms with Crippen LogP contribution in [-0.4, -0.2) is 48.3 Å². The van der Waals surface area contributed by atoms with Gasteiger partial charge in [0.25, 0.3) is 0 Å². The van der Waals surface area contributed by atoms with Crippen molar-refractivity contribution < 1.29 is 5.11 Å². The average molecular weight is 228 g/mol. The molecule has 1 saturated heterocycles. The predicted octanol–water partition coefficient (Wildman–Crippen LogP) is 1.61. The van der Waals surface area contributed by atoms with Crippen LogP contribution in [0.5, 0.6) is 0 Å². The number of piperidine rings is 1. The molecule has 0 aromatic heterocycles. The summed E-state index contributed by atoms with van der Waals surface area (Å²) in [6, 6.07) is 0.710. The molecule has 0 amide bonds. The fraction of sp³-hybridized carbons (Fsp3) is 1.00. The van der Waals surface area contributed by atoms with Crippen molar-refractivity contribution >= 4 is 0 Å².